The number of hydrogen-bond donors (Lipinski definition) is 1. The fourth-order valence-electron chi connectivity index (χ4n) is 1.40. The third kappa shape index (κ3) is 5.86. The van der Waals surface area contributed by atoms with Gasteiger partial charge in [0.1, 0.15) is 0 Å². The van der Waals surface area contributed by atoms with Crippen LogP contribution in [0.25, 0.3) is 0 Å². The van der Waals surface area contributed by atoms with Gasteiger partial charge in [0.15, 0.2) is 0 Å². The van der Waals surface area contributed by atoms with Gasteiger partial charge in [-0.3, -0.25) is 4.79 Å². The molecule has 1 amide bonds. The molecule has 1 aromatic carbocycles. The minimum atomic E-state index is -0.502. The van der Waals surface area contributed by atoms with E-state index in [9.17, 15) is 9.59 Å². The van der Waals surface area contributed by atoms with Crippen LogP contribution in [0.3, 0.4) is 0 Å². The minimum Gasteiger partial charge on any atom is -0.463 e. The lowest BCUT2D eigenvalue weighted by molar-refractivity contribution is -0.137. The molecule has 0 aliphatic carbocycles. The summed E-state index contributed by atoms with van der Waals surface area (Å²) in [5.41, 5.74) is 1.91. The number of anilines is 1. The summed E-state index contributed by atoms with van der Waals surface area (Å²) in [7, 11) is 0. The van der Waals surface area contributed by atoms with Gasteiger partial charge in [-0.05, 0) is 30.5 Å². The number of benzene rings is 1. The van der Waals surface area contributed by atoms with Gasteiger partial charge >= 0.3 is 5.97 Å². The number of esters is 1. The fraction of sp³-hybridized carbons (Fsp3) is 0.333. The van der Waals surface area contributed by atoms with Crippen LogP contribution >= 0.6 is 0 Å². The van der Waals surface area contributed by atoms with E-state index in [0.717, 1.165) is 18.9 Å². The molecule has 1 aromatic rings. The predicted molar refractivity (Wildman–Crippen MR) is 74.8 cm³/mol. The third-order valence-corrected chi connectivity index (χ3v) is 2.45. The summed E-state index contributed by atoms with van der Waals surface area (Å²) in [5, 5.41) is 2.67. The second kappa shape index (κ2) is 8.08. The summed E-state index contributed by atoms with van der Waals surface area (Å²) < 4.78 is 4.82. The van der Waals surface area contributed by atoms with Gasteiger partial charge in [0, 0.05) is 17.8 Å². The minimum absolute atomic E-state index is 0.349. The third-order valence-electron chi connectivity index (χ3n) is 2.45. The summed E-state index contributed by atoms with van der Waals surface area (Å²) in [4.78, 5) is 22.7. The molecule has 1 rings (SSSR count). The van der Waals surface area contributed by atoms with Crippen molar-refractivity contribution in [2.45, 2.75) is 26.7 Å². The Balaban J connectivity index is 2.45. The molecule has 4 heteroatoms. The van der Waals surface area contributed by atoms with Gasteiger partial charge in [0.2, 0.25) is 5.91 Å². The molecule has 0 bridgehead atoms. The number of rotatable bonds is 6. The van der Waals surface area contributed by atoms with Crippen molar-refractivity contribution in [3.05, 3.63) is 42.0 Å². The monoisotopic (exact) mass is 261 g/mol. The number of ether oxygens (including phenoxy) is 1. The highest BCUT2D eigenvalue weighted by Crippen LogP contribution is 2.09. The zero-order valence-electron chi connectivity index (χ0n) is 11.3. The maximum Gasteiger partial charge on any atom is 0.330 e. The summed E-state index contributed by atoms with van der Waals surface area (Å²) in [6.07, 6.45) is 4.02. The number of aryl methyl sites for hydroxylation is 1. The van der Waals surface area contributed by atoms with Crippen LogP contribution in [0.5, 0.6) is 0 Å². The van der Waals surface area contributed by atoms with Crippen LogP contribution in [0.15, 0.2) is 36.4 Å². The van der Waals surface area contributed by atoms with E-state index in [1.54, 1.807) is 0 Å². The van der Waals surface area contributed by atoms with E-state index in [2.05, 4.69) is 12.2 Å². The maximum absolute atomic E-state index is 11.5. The van der Waals surface area contributed by atoms with Crippen molar-refractivity contribution < 1.29 is 14.3 Å². The first-order chi connectivity index (χ1) is 9.15. The van der Waals surface area contributed by atoms with Crippen LogP contribution in [0.4, 0.5) is 5.69 Å². The van der Waals surface area contributed by atoms with Gasteiger partial charge in [0.25, 0.3) is 0 Å². The number of hydrogen-bond acceptors (Lipinski definition) is 3. The van der Waals surface area contributed by atoms with Crippen molar-refractivity contribution in [2.24, 2.45) is 0 Å². The highest BCUT2D eigenvalue weighted by Gasteiger charge is 2.00. The normalized spacial score (nSPS) is 10.4. The molecule has 0 radical (unpaired) electrons. The van der Waals surface area contributed by atoms with Crippen molar-refractivity contribution in [2.75, 3.05) is 11.9 Å². The van der Waals surface area contributed by atoms with E-state index in [4.69, 9.17) is 4.74 Å². The SMILES string of the molecule is CCCOC(=O)/C=C/C(=O)Nc1ccc(CC)cc1. The molecule has 0 heterocycles. The summed E-state index contributed by atoms with van der Waals surface area (Å²) in [5.74, 6) is -0.851. The predicted octanol–water partition coefficient (Wildman–Crippen LogP) is 2.70. The van der Waals surface area contributed by atoms with Gasteiger partial charge in [0.05, 0.1) is 6.61 Å². The molecule has 0 saturated heterocycles. The van der Waals surface area contributed by atoms with E-state index in [-0.39, 0.29) is 5.91 Å². The average molecular weight is 261 g/mol. The lowest BCUT2D eigenvalue weighted by atomic mass is 10.1. The standard InChI is InChI=1S/C15H19NO3/c1-3-11-19-15(18)10-9-14(17)16-13-7-5-12(4-2)6-8-13/h5-10H,3-4,11H2,1-2H3,(H,16,17)/b10-9+. The molecule has 102 valence electrons. The Morgan fingerprint density at radius 2 is 1.84 bits per heavy atom. The number of nitrogens with one attached hydrogen (secondary N) is 1. The number of amides is 1. The Labute approximate surface area is 113 Å². The van der Waals surface area contributed by atoms with Gasteiger partial charge in [-0.2, -0.15) is 0 Å². The van der Waals surface area contributed by atoms with Gasteiger partial charge in [-0.1, -0.05) is 26.0 Å². The van der Waals surface area contributed by atoms with E-state index >= 15 is 0 Å². The Morgan fingerprint density at radius 1 is 1.16 bits per heavy atom. The molecule has 0 fully saturated rings. The van der Waals surface area contributed by atoms with Crippen LogP contribution in [-0.2, 0) is 20.7 Å². The van der Waals surface area contributed by atoms with Crippen LogP contribution in [0.2, 0.25) is 0 Å². The summed E-state index contributed by atoms with van der Waals surface area (Å²) >= 11 is 0. The molecule has 0 saturated carbocycles. The Hall–Kier alpha value is -2.10. The largest absolute Gasteiger partial charge is 0.463 e. The lowest BCUT2D eigenvalue weighted by Crippen LogP contribution is -2.09. The molecule has 4 nitrogen and oxygen atoms in total. The van der Waals surface area contributed by atoms with Gasteiger partial charge < -0.3 is 10.1 Å². The van der Waals surface area contributed by atoms with E-state index in [1.807, 2.05) is 31.2 Å². The van der Waals surface area contributed by atoms with Crippen molar-refractivity contribution in [1.82, 2.24) is 0 Å². The van der Waals surface area contributed by atoms with Crippen molar-refractivity contribution in [1.29, 1.82) is 0 Å². The number of carbonyl (C=O) groups excluding carboxylic acids is 2. The fourth-order valence-corrected chi connectivity index (χ4v) is 1.40. The van der Waals surface area contributed by atoms with E-state index in [0.29, 0.717) is 12.3 Å². The molecule has 0 atom stereocenters. The quantitative estimate of drug-likeness (QED) is 0.632. The molecule has 0 spiro atoms. The first-order valence-electron chi connectivity index (χ1n) is 6.40. The highest BCUT2D eigenvalue weighted by atomic mass is 16.5. The highest BCUT2D eigenvalue weighted by molar-refractivity contribution is 6.02. The van der Waals surface area contributed by atoms with Gasteiger partial charge in [-0.15, -0.1) is 0 Å². The molecule has 0 aromatic heterocycles. The molecule has 1 N–H and O–H groups in total. The van der Waals surface area contributed by atoms with Crippen molar-refractivity contribution in [3.8, 4) is 0 Å². The second-order valence-corrected chi connectivity index (χ2v) is 4.04. The molecule has 0 aliphatic heterocycles. The lowest BCUT2D eigenvalue weighted by Gasteiger charge is -2.03. The van der Waals surface area contributed by atoms with Crippen molar-refractivity contribution in [3.63, 3.8) is 0 Å². The Morgan fingerprint density at radius 3 is 2.42 bits per heavy atom. The zero-order chi connectivity index (χ0) is 14.1. The molecule has 19 heavy (non-hydrogen) atoms. The maximum atomic E-state index is 11.5. The Kier molecular flexibility index (Phi) is 6.36. The molecule has 0 aliphatic rings. The second-order valence-electron chi connectivity index (χ2n) is 4.04. The average Bonchev–Trinajstić information content (AvgIpc) is 2.43. The van der Waals surface area contributed by atoms with E-state index < -0.39 is 5.97 Å². The first-order valence-corrected chi connectivity index (χ1v) is 6.40. The van der Waals surface area contributed by atoms with Crippen LogP contribution in [0.1, 0.15) is 25.8 Å². The smallest absolute Gasteiger partial charge is 0.330 e. The molecule has 0 unspecified atom stereocenters. The Bertz CT molecular complexity index is 449. The number of carbonyl (C=O) groups is 2. The summed E-state index contributed by atoms with van der Waals surface area (Å²) in [6.45, 7) is 4.34. The van der Waals surface area contributed by atoms with Crippen LogP contribution < -0.4 is 5.32 Å². The van der Waals surface area contributed by atoms with Crippen LogP contribution in [-0.4, -0.2) is 18.5 Å². The summed E-state index contributed by atoms with van der Waals surface area (Å²) in [6, 6.07) is 7.57. The van der Waals surface area contributed by atoms with Gasteiger partial charge in [-0.25, -0.2) is 4.79 Å². The topological polar surface area (TPSA) is 55.4 Å². The molecular weight excluding hydrogens is 242 g/mol. The van der Waals surface area contributed by atoms with E-state index in [1.165, 1.54) is 11.6 Å². The molecular formula is C15H19NO3. The van der Waals surface area contributed by atoms with Crippen molar-refractivity contribution >= 4 is 17.6 Å². The first kappa shape index (κ1) is 15.0. The zero-order valence-corrected chi connectivity index (χ0v) is 11.3. The van der Waals surface area contributed by atoms with Crippen LogP contribution in [0, 0.1) is 0 Å².